The number of aromatic nitrogens is 1. The Morgan fingerprint density at radius 2 is 2.17 bits per heavy atom. The molecule has 1 aromatic rings. The zero-order valence-electron chi connectivity index (χ0n) is 9.41. The van der Waals surface area contributed by atoms with E-state index in [-0.39, 0.29) is 30.0 Å². The Kier molecular flexibility index (Phi) is 4.33. The summed E-state index contributed by atoms with van der Waals surface area (Å²) in [6.45, 7) is -0.194. The lowest BCUT2D eigenvalue weighted by Gasteiger charge is -2.16. The molecule has 0 aliphatic carbocycles. The summed E-state index contributed by atoms with van der Waals surface area (Å²) in [7, 11) is 1.24. The Morgan fingerprint density at radius 1 is 1.50 bits per heavy atom. The SMILES string of the molecule is COc1ncc(CN)c(OC(F)(F)F)c1CC#N. The highest BCUT2D eigenvalue weighted by atomic mass is 19.4. The number of hydrogen-bond acceptors (Lipinski definition) is 5. The number of nitrogens with two attached hydrogens (primary N) is 1. The van der Waals surface area contributed by atoms with Gasteiger partial charge in [0.15, 0.2) is 0 Å². The average molecular weight is 261 g/mol. The number of nitrogens with zero attached hydrogens (tertiary/aromatic N) is 2. The van der Waals surface area contributed by atoms with Gasteiger partial charge in [-0.3, -0.25) is 0 Å². The van der Waals surface area contributed by atoms with Crippen LogP contribution in [0.5, 0.6) is 11.6 Å². The van der Waals surface area contributed by atoms with Gasteiger partial charge in [-0.1, -0.05) is 0 Å². The van der Waals surface area contributed by atoms with Gasteiger partial charge in [-0.05, 0) is 0 Å². The standard InChI is InChI=1S/C10H10F3N3O2/c1-17-9-7(2-3-14)8(18-10(11,12)13)6(4-15)5-16-9/h5H,2,4,15H2,1H3. The lowest BCUT2D eigenvalue weighted by molar-refractivity contribution is -0.275. The molecular weight excluding hydrogens is 251 g/mol. The highest BCUT2D eigenvalue weighted by Gasteiger charge is 2.34. The first-order valence-electron chi connectivity index (χ1n) is 4.80. The third-order valence-electron chi connectivity index (χ3n) is 2.05. The maximum atomic E-state index is 12.3. The highest BCUT2D eigenvalue weighted by Crippen LogP contribution is 2.34. The smallest absolute Gasteiger partial charge is 0.481 e. The van der Waals surface area contributed by atoms with E-state index in [0.717, 1.165) is 6.20 Å². The van der Waals surface area contributed by atoms with Crippen LogP contribution in [0.2, 0.25) is 0 Å². The largest absolute Gasteiger partial charge is 0.573 e. The van der Waals surface area contributed by atoms with E-state index in [4.69, 9.17) is 15.7 Å². The molecule has 0 unspecified atom stereocenters. The molecular formula is C10H10F3N3O2. The number of nitriles is 1. The normalized spacial score (nSPS) is 10.9. The van der Waals surface area contributed by atoms with Crippen LogP contribution in [0.3, 0.4) is 0 Å². The Hall–Kier alpha value is -2.01. The summed E-state index contributed by atoms with van der Waals surface area (Å²) in [5.74, 6) is -0.605. The van der Waals surface area contributed by atoms with Crippen molar-refractivity contribution in [2.75, 3.05) is 7.11 Å². The Bertz CT molecular complexity index is 469. The molecule has 1 rings (SSSR count). The van der Waals surface area contributed by atoms with E-state index in [1.165, 1.54) is 7.11 Å². The minimum absolute atomic E-state index is 0.0541. The summed E-state index contributed by atoms with van der Waals surface area (Å²) in [4.78, 5) is 3.78. The molecule has 18 heavy (non-hydrogen) atoms. The van der Waals surface area contributed by atoms with Crippen molar-refractivity contribution in [1.82, 2.24) is 4.98 Å². The van der Waals surface area contributed by atoms with E-state index >= 15 is 0 Å². The van der Waals surface area contributed by atoms with E-state index in [1.807, 2.05) is 0 Å². The number of ether oxygens (including phenoxy) is 2. The number of halogens is 3. The summed E-state index contributed by atoms with van der Waals surface area (Å²) < 4.78 is 45.6. The molecule has 0 bridgehead atoms. The van der Waals surface area contributed by atoms with Crippen molar-refractivity contribution in [2.45, 2.75) is 19.3 Å². The fourth-order valence-electron chi connectivity index (χ4n) is 1.36. The van der Waals surface area contributed by atoms with Crippen LogP contribution in [0.25, 0.3) is 0 Å². The molecule has 0 fully saturated rings. The van der Waals surface area contributed by atoms with E-state index in [1.54, 1.807) is 6.07 Å². The zero-order chi connectivity index (χ0) is 13.8. The maximum Gasteiger partial charge on any atom is 0.573 e. The number of alkyl halides is 3. The molecule has 8 heteroatoms. The van der Waals surface area contributed by atoms with Gasteiger partial charge in [0.1, 0.15) is 5.75 Å². The lowest BCUT2D eigenvalue weighted by Crippen LogP contribution is -2.20. The molecule has 0 spiro atoms. The second-order valence-electron chi connectivity index (χ2n) is 3.19. The monoisotopic (exact) mass is 261 g/mol. The second-order valence-corrected chi connectivity index (χ2v) is 3.19. The van der Waals surface area contributed by atoms with Gasteiger partial charge in [0.05, 0.1) is 25.2 Å². The molecule has 0 amide bonds. The predicted molar refractivity (Wildman–Crippen MR) is 54.7 cm³/mol. The first-order valence-corrected chi connectivity index (χ1v) is 4.80. The van der Waals surface area contributed by atoms with Gasteiger partial charge in [0.2, 0.25) is 5.88 Å². The fourth-order valence-corrected chi connectivity index (χ4v) is 1.36. The van der Waals surface area contributed by atoms with Gasteiger partial charge in [-0.2, -0.15) is 5.26 Å². The lowest BCUT2D eigenvalue weighted by atomic mass is 10.1. The number of pyridine rings is 1. The van der Waals surface area contributed by atoms with Crippen LogP contribution in [0.15, 0.2) is 6.20 Å². The third-order valence-corrected chi connectivity index (χ3v) is 2.05. The van der Waals surface area contributed by atoms with Crippen LogP contribution < -0.4 is 15.2 Å². The molecule has 5 nitrogen and oxygen atoms in total. The van der Waals surface area contributed by atoms with Gasteiger partial charge in [-0.15, -0.1) is 13.2 Å². The average Bonchev–Trinajstić information content (AvgIpc) is 2.29. The minimum atomic E-state index is -4.87. The molecule has 1 heterocycles. The maximum absolute atomic E-state index is 12.3. The molecule has 2 N–H and O–H groups in total. The van der Waals surface area contributed by atoms with Crippen molar-refractivity contribution < 1.29 is 22.6 Å². The molecule has 0 saturated heterocycles. The Morgan fingerprint density at radius 3 is 2.61 bits per heavy atom. The number of rotatable bonds is 4. The van der Waals surface area contributed by atoms with Crippen molar-refractivity contribution in [3.8, 4) is 17.7 Å². The van der Waals surface area contributed by atoms with E-state index in [2.05, 4.69) is 9.72 Å². The van der Waals surface area contributed by atoms with Crippen molar-refractivity contribution in [3.05, 3.63) is 17.3 Å². The van der Waals surface area contributed by atoms with Gasteiger partial charge in [0, 0.05) is 18.3 Å². The molecule has 0 aliphatic rings. The van der Waals surface area contributed by atoms with Gasteiger partial charge < -0.3 is 15.2 Å². The molecule has 0 aliphatic heterocycles. The van der Waals surface area contributed by atoms with Gasteiger partial charge >= 0.3 is 6.36 Å². The van der Waals surface area contributed by atoms with Crippen LogP contribution in [0.1, 0.15) is 11.1 Å². The van der Waals surface area contributed by atoms with Crippen LogP contribution >= 0.6 is 0 Å². The van der Waals surface area contributed by atoms with Crippen molar-refractivity contribution in [3.63, 3.8) is 0 Å². The minimum Gasteiger partial charge on any atom is -0.481 e. The molecule has 0 aromatic carbocycles. The first-order chi connectivity index (χ1) is 8.42. The number of methoxy groups -OCH3 is 1. The van der Waals surface area contributed by atoms with E-state index in [9.17, 15) is 13.2 Å². The van der Waals surface area contributed by atoms with Crippen LogP contribution in [-0.2, 0) is 13.0 Å². The third kappa shape index (κ3) is 3.24. The second kappa shape index (κ2) is 5.55. The van der Waals surface area contributed by atoms with Crippen molar-refractivity contribution in [2.24, 2.45) is 5.73 Å². The van der Waals surface area contributed by atoms with E-state index in [0.29, 0.717) is 0 Å². The molecule has 0 radical (unpaired) electrons. The molecule has 1 aromatic heterocycles. The zero-order valence-corrected chi connectivity index (χ0v) is 9.41. The van der Waals surface area contributed by atoms with Crippen LogP contribution in [0, 0.1) is 11.3 Å². The van der Waals surface area contributed by atoms with Gasteiger partial charge in [-0.25, -0.2) is 4.98 Å². The summed E-state index contributed by atoms with van der Waals surface area (Å²) >= 11 is 0. The Balaban J connectivity index is 3.36. The summed E-state index contributed by atoms with van der Waals surface area (Å²) in [5.41, 5.74) is 5.30. The molecule has 0 saturated carbocycles. The first kappa shape index (κ1) is 14.1. The molecule has 98 valence electrons. The van der Waals surface area contributed by atoms with Crippen molar-refractivity contribution >= 4 is 0 Å². The molecule has 0 atom stereocenters. The fraction of sp³-hybridized carbons (Fsp3) is 0.400. The van der Waals surface area contributed by atoms with E-state index < -0.39 is 12.1 Å². The van der Waals surface area contributed by atoms with Crippen LogP contribution in [0.4, 0.5) is 13.2 Å². The summed E-state index contributed by atoms with van der Waals surface area (Å²) in [6.07, 6.45) is -4.07. The van der Waals surface area contributed by atoms with Crippen LogP contribution in [-0.4, -0.2) is 18.5 Å². The summed E-state index contributed by atoms with van der Waals surface area (Å²) in [5, 5.41) is 8.62. The topological polar surface area (TPSA) is 81.2 Å². The highest BCUT2D eigenvalue weighted by molar-refractivity contribution is 5.47. The van der Waals surface area contributed by atoms with Crippen molar-refractivity contribution in [1.29, 1.82) is 5.26 Å². The predicted octanol–water partition coefficient (Wildman–Crippen LogP) is 1.51. The van der Waals surface area contributed by atoms with Gasteiger partial charge in [0.25, 0.3) is 0 Å². The summed E-state index contributed by atoms with van der Waals surface area (Å²) in [6, 6.07) is 1.73. The number of hydrogen-bond donors (Lipinski definition) is 1. The Labute approximate surface area is 101 Å². The quantitative estimate of drug-likeness (QED) is 0.888.